The molecule has 1 fully saturated rings. The van der Waals surface area contributed by atoms with Crippen molar-refractivity contribution >= 4 is 17.2 Å². The first-order valence-corrected chi connectivity index (χ1v) is 9.48. The van der Waals surface area contributed by atoms with Crippen molar-refractivity contribution in [3.05, 3.63) is 50.1 Å². The van der Waals surface area contributed by atoms with E-state index in [-0.39, 0.29) is 22.9 Å². The van der Waals surface area contributed by atoms with Gasteiger partial charge in [-0.2, -0.15) is 5.10 Å². The highest BCUT2D eigenvalue weighted by atomic mass is 32.1. The molecule has 0 saturated heterocycles. The molecule has 0 aromatic carbocycles. The van der Waals surface area contributed by atoms with Gasteiger partial charge in [0, 0.05) is 17.0 Å². The summed E-state index contributed by atoms with van der Waals surface area (Å²) in [6.07, 6.45) is 6.45. The molecular formula is C18H21N3O2S. The van der Waals surface area contributed by atoms with Gasteiger partial charge < -0.3 is 5.32 Å². The topological polar surface area (TPSA) is 74.8 Å². The number of aromatic amines is 1. The lowest BCUT2D eigenvalue weighted by Gasteiger charge is -2.31. The van der Waals surface area contributed by atoms with Crippen LogP contribution in [0, 0.1) is 0 Å². The minimum atomic E-state index is -0.346. The van der Waals surface area contributed by atoms with Gasteiger partial charge in [0.1, 0.15) is 0 Å². The molecule has 0 unspecified atom stereocenters. The predicted molar refractivity (Wildman–Crippen MR) is 93.3 cm³/mol. The normalized spacial score (nSPS) is 22.1. The summed E-state index contributed by atoms with van der Waals surface area (Å²) in [7, 11) is 0. The van der Waals surface area contributed by atoms with Crippen LogP contribution in [0.25, 0.3) is 0 Å². The second-order valence-electron chi connectivity index (χ2n) is 6.88. The Morgan fingerprint density at radius 2 is 2.21 bits per heavy atom. The van der Waals surface area contributed by atoms with Crippen LogP contribution in [0.3, 0.4) is 0 Å². The van der Waals surface area contributed by atoms with Gasteiger partial charge in [0.2, 0.25) is 5.91 Å². The Bertz CT molecular complexity index is 791. The highest BCUT2D eigenvalue weighted by Crippen LogP contribution is 2.43. The highest BCUT2D eigenvalue weighted by Gasteiger charge is 2.44. The molecule has 0 radical (unpaired) electrons. The Morgan fingerprint density at radius 1 is 1.38 bits per heavy atom. The number of rotatable bonds is 3. The van der Waals surface area contributed by atoms with E-state index >= 15 is 0 Å². The third kappa shape index (κ3) is 2.69. The molecule has 4 rings (SSSR count). The molecule has 1 saturated carbocycles. The maximum atomic E-state index is 13.1. The van der Waals surface area contributed by atoms with Crippen molar-refractivity contribution in [3.8, 4) is 0 Å². The van der Waals surface area contributed by atoms with Crippen LogP contribution in [0.4, 0.5) is 0 Å². The van der Waals surface area contributed by atoms with Gasteiger partial charge in [-0.3, -0.25) is 9.59 Å². The summed E-state index contributed by atoms with van der Waals surface area (Å²) in [5, 5.41) is 11.9. The molecule has 5 nitrogen and oxygen atoms in total. The lowest BCUT2D eigenvalue weighted by Crippen LogP contribution is -2.48. The molecule has 24 heavy (non-hydrogen) atoms. The fourth-order valence-electron chi connectivity index (χ4n) is 4.10. The van der Waals surface area contributed by atoms with Gasteiger partial charge in [-0.1, -0.05) is 18.9 Å². The molecule has 2 N–H and O–H groups in total. The molecular weight excluding hydrogens is 322 g/mol. The summed E-state index contributed by atoms with van der Waals surface area (Å²) in [5.74, 6) is 0.161. The minimum Gasteiger partial charge on any atom is -0.352 e. The number of aryl methyl sites for hydroxylation is 1. The van der Waals surface area contributed by atoms with E-state index in [1.54, 1.807) is 17.4 Å². The summed E-state index contributed by atoms with van der Waals surface area (Å²) in [6, 6.07) is 5.83. The smallest absolute Gasteiger partial charge is 0.264 e. The number of H-pyrrole nitrogens is 1. The highest BCUT2D eigenvalue weighted by molar-refractivity contribution is 7.10. The molecule has 0 bridgehead atoms. The standard InChI is InChI=1S/C18H21N3O2S/c22-16-11-12-10-13(5-6-14(12)20-21-16)19-17(23)18(7-1-2-8-18)15-4-3-9-24-15/h3-4,9,11,13H,1-2,5-8,10H2,(H,19,23)(H,21,22)/t13-/m0/s1. The van der Waals surface area contributed by atoms with E-state index < -0.39 is 0 Å². The lowest BCUT2D eigenvalue weighted by molar-refractivity contribution is -0.127. The first kappa shape index (κ1) is 15.6. The molecule has 126 valence electrons. The number of hydrogen-bond donors (Lipinski definition) is 2. The van der Waals surface area contributed by atoms with E-state index in [2.05, 4.69) is 27.0 Å². The Balaban J connectivity index is 1.53. The quantitative estimate of drug-likeness (QED) is 0.898. The largest absolute Gasteiger partial charge is 0.352 e. The zero-order valence-electron chi connectivity index (χ0n) is 13.5. The van der Waals surface area contributed by atoms with Crippen LogP contribution in [0.2, 0.25) is 0 Å². The third-order valence-corrected chi connectivity index (χ3v) is 6.47. The molecule has 0 spiro atoms. The van der Waals surface area contributed by atoms with Gasteiger partial charge in [0.25, 0.3) is 5.56 Å². The van der Waals surface area contributed by atoms with Crippen molar-refractivity contribution in [1.29, 1.82) is 0 Å². The average molecular weight is 343 g/mol. The zero-order chi connectivity index (χ0) is 16.6. The fraction of sp³-hybridized carbons (Fsp3) is 0.500. The van der Waals surface area contributed by atoms with Gasteiger partial charge in [-0.25, -0.2) is 5.10 Å². The summed E-state index contributed by atoms with van der Waals surface area (Å²) in [4.78, 5) is 25.8. The predicted octanol–water partition coefficient (Wildman–Crippen LogP) is 2.32. The average Bonchev–Trinajstić information content (AvgIpc) is 3.26. The molecule has 2 aromatic rings. The van der Waals surface area contributed by atoms with Crippen LogP contribution in [-0.2, 0) is 23.1 Å². The zero-order valence-corrected chi connectivity index (χ0v) is 14.3. The molecule has 6 heteroatoms. The number of amides is 1. The van der Waals surface area contributed by atoms with Crippen molar-refractivity contribution < 1.29 is 4.79 Å². The van der Waals surface area contributed by atoms with Crippen molar-refractivity contribution in [3.63, 3.8) is 0 Å². The van der Waals surface area contributed by atoms with Crippen molar-refractivity contribution in [1.82, 2.24) is 15.5 Å². The van der Waals surface area contributed by atoms with E-state index in [1.807, 2.05) is 6.07 Å². The molecule has 1 amide bonds. The van der Waals surface area contributed by atoms with Gasteiger partial charge in [-0.05, 0) is 49.1 Å². The van der Waals surface area contributed by atoms with Crippen LogP contribution >= 0.6 is 11.3 Å². The van der Waals surface area contributed by atoms with Gasteiger partial charge in [-0.15, -0.1) is 11.3 Å². The lowest BCUT2D eigenvalue weighted by atomic mass is 9.82. The number of fused-ring (bicyclic) bond motifs is 1. The fourth-order valence-corrected chi connectivity index (χ4v) is 5.08. The Hall–Kier alpha value is -1.95. The van der Waals surface area contributed by atoms with Crippen LogP contribution in [0.1, 0.15) is 48.2 Å². The minimum absolute atomic E-state index is 0.0889. The summed E-state index contributed by atoms with van der Waals surface area (Å²) >= 11 is 1.68. The summed E-state index contributed by atoms with van der Waals surface area (Å²) < 4.78 is 0. The SMILES string of the molecule is O=C(N[C@H]1CCc2n[nH]c(=O)cc2C1)C1(c2cccs2)CCCC1. The first-order chi connectivity index (χ1) is 11.7. The molecule has 1 atom stereocenters. The van der Waals surface area contributed by atoms with E-state index in [4.69, 9.17) is 0 Å². The molecule has 2 heterocycles. The Labute approximate surface area is 144 Å². The number of carbonyl (C=O) groups excluding carboxylic acids is 1. The van der Waals surface area contributed by atoms with Crippen molar-refractivity contribution in [2.24, 2.45) is 0 Å². The van der Waals surface area contributed by atoms with Gasteiger partial charge in [0.05, 0.1) is 11.1 Å². The molecule has 2 aliphatic carbocycles. The summed E-state index contributed by atoms with van der Waals surface area (Å²) in [5.41, 5.74) is 1.40. The number of nitrogens with zero attached hydrogens (tertiary/aromatic N) is 1. The molecule has 2 aliphatic rings. The van der Waals surface area contributed by atoms with E-state index in [1.165, 1.54) is 4.88 Å². The van der Waals surface area contributed by atoms with Crippen LogP contribution < -0.4 is 10.9 Å². The van der Waals surface area contributed by atoms with Crippen molar-refractivity contribution in [2.75, 3.05) is 0 Å². The maximum Gasteiger partial charge on any atom is 0.264 e. The van der Waals surface area contributed by atoms with E-state index in [0.29, 0.717) is 6.42 Å². The Morgan fingerprint density at radius 3 is 2.96 bits per heavy atom. The van der Waals surface area contributed by atoms with Crippen LogP contribution in [0.5, 0.6) is 0 Å². The molecule has 0 aliphatic heterocycles. The maximum absolute atomic E-state index is 13.1. The molecule has 2 aromatic heterocycles. The Kier molecular flexibility index (Phi) is 4.00. The second kappa shape index (κ2) is 6.16. The van der Waals surface area contributed by atoms with E-state index in [0.717, 1.165) is 49.8 Å². The number of hydrogen-bond acceptors (Lipinski definition) is 4. The van der Waals surface area contributed by atoms with Gasteiger partial charge in [0.15, 0.2) is 0 Å². The first-order valence-electron chi connectivity index (χ1n) is 8.60. The van der Waals surface area contributed by atoms with Crippen LogP contribution in [-0.4, -0.2) is 22.1 Å². The van der Waals surface area contributed by atoms with Crippen molar-refractivity contribution in [2.45, 2.75) is 56.4 Å². The number of carbonyl (C=O) groups is 1. The second-order valence-corrected chi connectivity index (χ2v) is 7.83. The van der Waals surface area contributed by atoms with Crippen LogP contribution in [0.15, 0.2) is 28.4 Å². The third-order valence-electron chi connectivity index (χ3n) is 5.39. The number of aromatic nitrogens is 2. The number of thiophene rings is 1. The summed E-state index contributed by atoms with van der Waals surface area (Å²) in [6.45, 7) is 0. The van der Waals surface area contributed by atoms with E-state index in [9.17, 15) is 9.59 Å². The number of nitrogens with one attached hydrogen (secondary N) is 2. The monoisotopic (exact) mass is 343 g/mol. The van der Waals surface area contributed by atoms with Gasteiger partial charge >= 0.3 is 0 Å².